The molecule has 0 atom stereocenters. The molecular formula is C14H17N3O. The number of rotatable bonds is 4. The summed E-state index contributed by atoms with van der Waals surface area (Å²) in [5.74, 6) is 0. The van der Waals surface area contributed by atoms with Crippen LogP contribution in [-0.2, 0) is 6.54 Å². The van der Waals surface area contributed by atoms with Gasteiger partial charge in [-0.3, -0.25) is 4.98 Å². The lowest BCUT2D eigenvalue weighted by Gasteiger charge is -2.36. The van der Waals surface area contributed by atoms with Gasteiger partial charge in [-0.05, 0) is 31.4 Å². The molecule has 4 heteroatoms. The van der Waals surface area contributed by atoms with Crippen molar-refractivity contribution >= 4 is 11.0 Å². The van der Waals surface area contributed by atoms with Crippen LogP contribution in [0.25, 0.3) is 11.0 Å². The molecule has 2 N–H and O–H groups in total. The largest absolute Gasteiger partial charge is 0.389 e. The van der Waals surface area contributed by atoms with Crippen LogP contribution in [-0.4, -0.2) is 27.2 Å². The molecule has 1 aliphatic rings. The number of hydrogen-bond donors (Lipinski definition) is 2. The van der Waals surface area contributed by atoms with E-state index in [1.807, 2.05) is 24.3 Å². The van der Waals surface area contributed by atoms with E-state index in [0.29, 0.717) is 13.1 Å². The van der Waals surface area contributed by atoms with Crippen LogP contribution >= 0.6 is 0 Å². The number of para-hydroxylation sites is 2. The summed E-state index contributed by atoms with van der Waals surface area (Å²) in [6.45, 7) is 1.29. The topological polar surface area (TPSA) is 58.0 Å². The van der Waals surface area contributed by atoms with Crippen LogP contribution in [0.5, 0.6) is 0 Å². The van der Waals surface area contributed by atoms with Gasteiger partial charge in [0.1, 0.15) is 0 Å². The van der Waals surface area contributed by atoms with E-state index in [0.717, 1.165) is 36.0 Å². The number of nitrogens with one attached hydrogen (secondary N) is 1. The third-order valence-electron chi connectivity index (χ3n) is 3.54. The van der Waals surface area contributed by atoms with E-state index in [9.17, 15) is 5.11 Å². The van der Waals surface area contributed by atoms with Crippen LogP contribution in [0.1, 0.15) is 25.0 Å². The van der Waals surface area contributed by atoms with E-state index in [1.165, 1.54) is 0 Å². The summed E-state index contributed by atoms with van der Waals surface area (Å²) in [6, 6.07) is 7.84. The summed E-state index contributed by atoms with van der Waals surface area (Å²) >= 11 is 0. The van der Waals surface area contributed by atoms with Crippen molar-refractivity contribution in [2.24, 2.45) is 0 Å². The number of hydrogen-bond acceptors (Lipinski definition) is 4. The van der Waals surface area contributed by atoms with E-state index in [4.69, 9.17) is 0 Å². The third-order valence-corrected chi connectivity index (χ3v) is 3.54. The van der Waals surface area contributed by atoms with Crippen molar-refractivity contribution in [1.82, 2.24) is 15.3 Å². The van der Waals surface area contributed by atoms with Crippen molar-refractivity contribution in [2.45, 2.75) is 31.4 Å². The highest BCUT2D eigenvalue weighted by atomic mass is 16.3. The maximum Gasteiger partial charge on any atom is 0.0890 e. The molecule has 1 aliphatic carbocycles. The van der Waals surface area contributed by atoms with Gasteiger partial charge in [0.05, 0.1) is 28.5 Å². The van der Waals surface area contributed by atoms with E-state index < -0.39 is 5.60 Å². The second kappa shape index (κ2) is 4.63. The first-order chi connectivity index (χ1) is 8.75. The molecule has 0 spiro atoms. The lowest BCUT2D eigenvalue weighted by molar-refractivity contribution is -0.0315. The molecule has 0 bridgehead atoms. The average molecular weight is 243 g/mol. The molecule has 0 saturated heterocycles. The molecule has 3 rings (SSSR count). The van der Waals surface area contributed by atoms with Crippen LogP contribution in [0.2, 0.25) is 0 Å². The maximum atomic E-state index is 9.96. The standard InChI is InChI=1S/C14H17N3O/c18-14(6-3-7-14)10-15-8-11-9-16-12-4-1-2-5-13(12)17-11/h1-2,4-5,9,15,18H,3,6-8,10H2. The van der Waals surface area contributed by atoms with Crippen LogP contribution in [0.4, 0.5) is 0 Å². The van der Waals surface area contributed by atoms with Gasteiger partial charge in [-0.25, -0.2) is 4.98 Å². The molecule has 1 saturated carbocycles. The number of benzene rings is 1. The number of fused-ring (bicyclic) bond motifs is 1. The van der Waals surface area contributed by atoms with Gasteiger partial charge in [-0.2, -0.15) is 0 Å². The number of aromatic nitrogens is 2. The number of aliphatic hydroxyl groups is 1. The van der Waals surface area contributed by atoms with Gasteiger partial charge in [-0.1, -0.05) is 12.1 Å². The van der Waals surface area contributed by atoms with E-state index in [1.54, 1.807) is 6.20 Å². The lowest BCUT2D eigenvalue weighted by Crippen LogP contribution is -2.46. The molecule has 0 unspecified atom stereocenters. The highest BCUT2D eigenvalue weighted by Gasteiger charge is 2.33. The van der Waals surface area contributed by atoms with Crippen molar-refractivity contribution in [2.75, 3.05) is 6.54 Å². The Hall–Kier alpha value is -1.52. The summed E-state index contributed by atoms with van der Waals surface area (Å²) in [6.07, 6.45) is 4.74. The molecule has 1 fully saturated rings. The van der Waals surface area contributed by atoms with Crippen molar-refractivity contribution in [3.63, 3.8) is 0 Å². The normalized spacial score (nSPS) is 17.6. The Morgan fingerprint density at radius 2 is 2.00 bits per heavy atom. The predicted molar refractivity (Wildman–Crippen MR) is 70.0 cm³/mol. The third kappa shape index (κ3) is 2.35. The molecule has 4 nitrogen and oxygen atoms in total. The molecule has 0 aliphatic heterocycles. The summed E-state index contributed by atoms with van der Waals surface area (Å²) in [5.41, 5.74) is 2.26. The Kier molecular flexibility index (Phi) is 2.97. The SMILES string of the molecule is OC1(CNCc2cnc3ccccc3n2)CCC1. The second-order valence-corrected chi connectivity index (χ2v) is 5.03. The quantitative estimate of drug-likeness (QED) is 0.857. The Balaban J connectivity index is 1.64. The first-order valence-electron chi connectivity index (χ1n) is 6.39. The van der Waals surface area contributed by atoms with Gasteiger partial charge in [0, 0.05) is 13.1 Å². The zero-order chi connectivity index (χ0) is 12.4. The summed E-state index contributed by atoms with van der Waals surface area (Å²) < 4.78 is 0. The molecule has 0 radical (unpaired) electrons. The Bertz CT molecular complexity index is 551. The number of nitrogens with zero attached hydrogens (tertiary/aromatic N) is 2. The van der Waals surface area contributed by atoms with Crippen LogP contribution in [0.3, 0.4) is 0 Å². The highest BCUT2D eigenvalue weighted by Crippen LogP contribution is 2.30. The smallest absolute Gasteiger partial charge is 0.0890 e. The minimum atomic E-state index is -0.482. The Labute approximate surface area is 106 Å². The molecule has 2 aromatic rings. The van der Waals surface area contributed by atoms with E-state index in [-0.39, 0.29) is 0 Å². The van der Waals surface area contributed by atoms with Gasteiger partial charge < -0.3 is 10.4 Å². The fraction of sp³-hybridized carbons (Fsp3) is 0.429. The fourth-order valence-corrected chi connectivity index (χ4v) is 2.27. The first kappa shape index (κ1) is 11.6. The minimum absolute atomic E-state index is 0.482. The Morgan fingerprint density at radius 3 is 2.72 bits per heavy atom. The zero-order valence-electron chi connectivity index (χ0n) is 10.3. The first-order valence-corrected chi connectivity index (χ1v) is 6.39. The maximum absolute atomic E-state index is 9.96. The molecule has 1 heterocycles. The van der Waals surface area contributed by atoms with Crippen molar-refractivity contribution in [3.05, 3.63) is 36.2 Å². The van der Waals surface area contributed by atoms with Crippen molar-refractivity contribution < 1.29 is 5.11 Å². The van der Waals surface area contributed by atoms with Gasteiger partial charge in [0.2, 0.25) is 0 Å². The Morgan fingerprint density at radius 1 is 1.22 bits per heavy atom. The summed E-state index contributed by atoms with van der Waals surface area (Å²) in [5, 5.41) is 13.2. The van der Waals surface area contributed by atoms with Crippen LogP contribution in [0, 0.1) is 0 Å². The molecular weight excluding hydrogens is 226 g/mol. The van der Waals surface area contributed by atoms with Gasteiger partial charge >= 0.3 is 0 Å². The molecule has 18 heavy (non-hydrogen) atoms. The van der Waals surface area contributed by atoms with Gasteiger partial charge in [0.25, 0.3) is 0 Å². The van der Waals surface area contributed by atoms with Crippen LogP contribution < -0.4 is 5.32 Å². The molecule has 1 aromatic carbocycles. The van der Waals surface area contributed by atoms with Crippen molar-refractivity contribution in [3.8, 4) is 0 Å². The highest BCUT2D eigenvalue weighted by molar-refractivity contribution is 5.73. The van der Waals surface area contributed by atoms with Gasteiger partial charge in [-0.15, -0.1) is 0 Å². The molecule has 1 aromatic heterocycles. The second-order valence-electron chi connectivity index (χ2n) is 5.03. The summed E-state index contributed by atoms with van der Waals surface area (Å²) in [7, 11) is 0. The molecule has 0 amide bonds. The van der Waals surface area contributed by atoms with Crippen molar-refractivity contribution in [1.29, 1.82) is 0 Å². The van der Waals surface area contributed by atoms with Crippen LogP contribution in [0.15, 0.2) is 30.5 Å². The van der Waals surface area contributed by atoms with Gasteiger partial charge in [0.15, 0.2) is 0 Å². The molecule has 94 valence electrons. The predicted octanol–water partition coefficient (Wildman–Crippen LogP) is 1.63. The fourth-order valence-electron chi connectivity index (χ4n) is 2.27. The van der Waals surface area contributed by atoms with E-state index >= 15 is 0 Å². The zero-order valence-corrected chi connectivity index (χ0v) is 10.3. The monoisotopic (exact) mass is 243 g/mol. The summed E-state index contributed by atoms with van der Waals surface area (Å²) in [4.78, 5) is 8.90. The lowest BCUT2D eigenvalue weighted by atomic mass is 9.80. The minimum Gasteiger partial charge on any atom is -0.389 e. The van der Waals surface area contributed by atoms with E-state index in [2.05, 4.69) is 15.3 Å². The average Bonchev–Trinajstić information content (AvgIpc) is 2.37.